The lowest BCUT2D eigenvalue weighted by Gasteiger charge is -2.21. The Kier molecular flexibility index (Phi) is 3.69. The summed E-state index contributed by atoms with van der Waals surface area (Å²) >= 11 is 0. The average molecular weight is 208 g/mol. The predicted octanol–water partition coefficient (Wildman–Crippen LogP) is 2.14. The van der Waals surface area contributed by atoms with Crippen molar-refractivity contribution in [1.82, 2.24) is 4.98 Å². The monoisotopic (exact) mass is 208 g/mol. The molecule has 1 rings (SSSR count). The van der Waals surface area contributed by atoms with Crippen LogP contribution in [0.2, 0.25) is 0 Å². The molecule has 0 aliphatic heterocycles. The Hall–Kier alpha value is -1.09. The topological polar surface area (TPSA) is 45.2 Å². The number of nitrogens with zero attached hydrogens (tertiary/aromatic N) is 1. The third-order valence-corrected chi connectivity index (χ3v) is 2.10. The van der Waals surface area contributed by atoms with Crippen molar-refractivity contribution in [1.29, 1.82) is 0 Å². The molecule has 0 aliphatic carbocycles. The van der Waals surface area contributed by atoms with Crippen LogP contribution in [-0.4, -0.2) is 22.2 Å². The van der Waals surface area contributed by atoms with Crippen LogP contribution in [0.4, 0.5) is 5.82 Å². The van der Waals surface area contributed by atoms with Crippen molar-refractivity contribution in [3.8, 4) is 0 Å². The number of aromatic nitrogens is 1. The van der Waals surface area contributed by atoms with E-state index in [1.165, 1.54) is 5.56 Å². The molecule has 0 unspecified atom stereocenters. The van der Waals surface area contributed by atoms with E-state index in [1.807, 2.05) is 19.2 Å². The van der Waals surface area contributed by atoms with E-state index in [-0.39, 0.29) is 12.1 Å². The maximum atomic E-state index is 8.86. The number of nitrogens with one attached hydrogen (secondary N) is 1. The van der Waals surface area contributed by atoms with Crippen molar-refractivity contribution in [3.63, 3.8) is 0 Å². The number of aliphatic hydroxyl groups excluding tert-OH is 1. The van der Waals surface area contributed by atoms with Gasteiger partial charge in [0.1, 0.15) is 5.82 Å². The second kappa shape index (κ2) is 4.62. The SMILES string of the molecule is Cc1cc(NC(C)(C)C)ncc1CCO. The summed E-state index contributed by atoms with van der Waals surface area (Å²) in [6, 6.07) is 2.02. The molecule has 1 heterocycles. The first-order valence-corrected chi connectivity index (χ1v) is 5.27. The van der Waals surface area contributed by atoms with Crippen LogP contribution in [0.1, 0.15) is 31.9 Å². The second-order valence-electron chi connectivity index (χ2n) is 4.84. The van der Waals surface area contributed by atoms with Crippen molar-refractivity contribution in [2.24, 2.45) is 0 Å². The van der Waals surface area contributed by atoms with Gasteiger partial charge in [0.15, 0.2) is 0 Å². The number of aliphatic hydroxyl groups is 1. The lowest BCUT2D eigenvalue weighted by Crippen LogP contribution is -2.26. The third-order valence-electron chi connectivity index (χ3n) is 2.10. The number of aryl methyl sites for hydroxylation is 1. The summed E-state index contributed by atoms with van der Waals surface area (Å²) in [6.45, 7) is 8.53. The lowest BCUT2D eigenvalue weighted by atomic mass is 10.1. The van der Waals surface area contributed by atoms with Gasteiger partial charge in [-0.25, -0.2) is 4.98 Å². The number of hydrogen-bond donors (Lipinski definition) is 2. The molecule has 0 spiro atoms. The Labute approximate surface area is 91.5 Å². The minimum absolute atomic E-state index is 0.0257. The van der Waals surface area contributed by atoms with Gasteiger partial charge in [0.05, 0.1) is 0 Å². The van der Waals surface area contributed by atoms with Crippen LogP contribution >= 0.6 is 0 Å². The summed E-state index contributed by atoms with van der Waals surface area (Å²) in [5, 5.41) is 12.2. The van der Waals surface area contributed by atoms with Crippen LogP contribution in [0.5, 0.6) is 0 Å². The van der Waals surface area contributed by atoms with E-state index >= 15 is 0 Å². The van der Waals surface area contributed by atoms with Crippen molar-refractivity contribution in [2.75, 3.05) is 11.9 Å². The maximum absolute atomic E-state index is 8.86. The third kappa shape index (κ3) is 3.88. The van der Waals surface area contributed by atoms with Crippen LogP contribution in [0.3, 0.4) is 0 Å². The van der Waals surface area contributed by atoms with Gasteiger partial charge in [0, 0.05) is 18.3 Å². The van der Waals surface area contributed by atoms with Crippen LogP contribution < -0.4 is 5.32 Å². The summed E-state index contributed by atoms with van der Waals surface area (Å²) in [5.74, 6) is 0.890. The molecule has 3 nitrogen and oxygen atoms in total. The van der Waals surface area contributed by atoms with Gasteiger partial charge in [-0.05, 0) is 51.3 Å². The molecule has 84 valence electrons. The highest BCUT2D eigenvalue weighted by Crippen LogP contribution is 2.16. The van der Waals surface area contributed by atoms with Crippen LogP contribution in [0, 0.1) is 6.92 Å². The highest BCUT2D eigenvalue weighted by atomic mass is 16.2. The van der Waals surface area contributed by atoms with Gasteiger partial charge in [-0.15, -0.1) is 0 Å². The highest BCUT2D eigenvalue weighted by Gasteiger charge is 2.10. The van der Waals surface area contributed by atoms with Crippen molar-refractivity contribution in [2.45, 2.75) is 39.7 Å². The highest BCUT2D eigenvalue weighted by molar-refractivity contribution is 5.42. The standard InChI is InChI=1S/C12H20N2O/c1-9-7-11(14-12(2,3)4)13-8-10(9)5-6-15/h7-8,15H,5-6H2,1-4H3,(H,13,14). The molecule has 0 bridgehead atoms. The zero-order chi connectivity index (χ0) is 11.5. The molecular weight excluding hydrogens is 188 g/mol. The fraction of sp³-hybridized carbons (Fsp3) is 0.583. The Bertz CT molecular complexity index is 329. The van der Waals surface area contributed by atoms with Crippen molar-refractivity contribution < 1.29 is 5.11 Å². The largest absolute Gasteiger partial charge is 0.396 e. The van der Waals surface area contributed by atoms with Gasteiger partial charge in [-0.3, -0.25) is 0 Å². The van der Waals surface area contributed by atoms with Gasteiger partial charge in [0.25, 0.3) is 0 Å². The molecule has 0 amide bonds. The summed E-state index contributed by atoms with van der Waals surface area (Å²) in [4.78, 5) is 4.32. The molecular formula is C12H20N2O. The Morgan fingerprint density at radius 1 is 1.40 bits per heavy atom. The van der Waals surface area contributed by atoms with E-state index in [0.717, 1.165) is 11.4 Å². The van der Waals surface area contributed by atoms with Crippen LogP contribution in [-0.2, 0) is 6.42 Å². The molecule has 15 heavy (non-hydrogen) atoms. The van der Waals surface area contributed by atoms with Gasteiger partial charge in [-0.1, -0.05) is 0 Å². The lowest BCUT2D eigenvalue weighted by molar-refractivity contribution is 0.299. The van der Waals surface area contributed by atoms with E-state index in [1.54, 1.807) is 0 Å². The predicted molar refractivity (Wildman–Crippen MR) is 63.1 cm³/mol. The first-order valence-electron chi connectivity index (χ1n) is 5.27. The van der Waals surface area contributed by atoms with Gasteiger partial charge >= 0.3 is 0 Å². The van der Waals surface area contributed by atoms with E-state index in [4.69, 9.17) is 5.11 Å². The molecule has 1 aromatic heterocycles. The quantitative estimate of drug-likeness (QED) is 0.800. The summed E-state index contributed by atoms with van der Waals surface area (Å²) in [7, 11) is 0. The molecule has 0 saturated heterocycles. The number of hydrogen-bond acceptors (Lipinski definition) is 3. The van der Waals surface area contributed by atoms with Gasteiger partial charge in [-0.2, -0.15) is 0 Å². The molecule has 0 fully saturated rings. The van der Waals surface area contributed by atoms with Gasteiger partial charge in [0.2, 0.25) is 0 Å². The maximum Gasteiger partial charge on any atom is 0.126 e. The van der Waals surface area contributed by atoms with E-state index in [2.05, 4.69) is 31.1 Å². The molecule has 0 saturated carbocycles. The fourth-order valence-corrected chi connectivity index (χ4v) is 1.42. The smallest absolute Gasteiger partial charge is 0.126 e. The molecule has 1 aromatic rings. The Morgan fingerprint density at radius 2 is 2.07 bits per heavy atom. The Balaban J connectivity index is 2.82. The first-order chi connectivity index (χ1) is 6.92. The molecule has 0 atom stereocenters. The zero-order valence-corrected chi connectivity index (χ0v) is 9.96. The minimum Gasteiger partial charge on any atom is -0.396 e. The van der Waals surface area contributed by atoms with E-state index < -0.39 is 0 Å². The molecule has 0 aliphatic rings. The zero-order valence-electron chi connectivity index (χ0n) is 9.96. The normalized spacial score (nSPS) is 11.5. The summed E-state index contributed by atoms with van der Waals surface area (Å²) in [5.41, 5.74) is 2.31. The average Bonchev–Trinajstić information content (AvgIpc) is 2.07. The van der Waals surface area contributed by atoms with E-state index in [0.29, 0.717) is 6.42 Å². The second-order valence-corrected chi connectivity index (χ2v) is 4.84. The Morgan fingerprint density at radius 3 is 2.53 bits per heavy atom. The number of pyridine rings is 1. The van der Waals surface area contributed by atoms with Crippen molar-refractivity contribution in [3.05, 3.63) is 23.4 Å². The molecule has 2 N–H and O–H groups in total. The minimum atomic E-state index is 0.0257. The van der Waals surface area contributed by atoms with Gasteiger partial charge < -0.3 is 10.4 Å². The van der Waals surface area contributed by atoms with Crippen LogP contribution in [0.15, 0.2) is 12.3 Å². The molecule has 0 aromatic carbocycles. The van der Waals surface area contributed by atoms with Crippen molar-refractivity contribution >= 4 is 5.82 Å². The molecule has 3 heteroatoms. The first kappa shape index (κ1) is 12.0. The molecule has 0 radical (unpaired) electrons. The fourth-order valence-electron chi connectivity index (χ4n) is 1.42. The number of anilines is 1. The van der Waals surface area contributed by atoms with Crippen LogP contribution in [0.25, 0.3) is 0 Å². The summed E-state index contributed by atoms with van der Waals surface area (Å²) in [6.07, 6.45) is 2.51. The summed E-state index contributed by atoms with van der Waals surface area (Å²) < 4.78 is 0. The number of rotatable bonds is 3. The van der Waals surface area contributed by atoms with E-state index in [9.17, 15) is 0 Å².